The summed E-state index contributed by atoms with van der Waals surface area (Å²) in [5.74, 6) is 0.683. The van der Waals surface area contributed by atoms with Crippen LogP contribution in [0.5, 0.6) is 0 Å². The van der Waals surface area contributed by atoms with Crippen molar-refractivity contribution < 1.29 is 0 Å². The summed E-state index contributed by atoms with van der Waals surface area (Å²) in [4.78, 5) is 2.59. The highest BCUT2D eigenvalue weighted by molar-refractivity contribution is 5.32. The van der Waals surface area contributed by atoms with Crippen LogP contribution < -0.4 is 5.32 Å². The van der Waals surface area contributed by atoms with Gasteiger partial charge in [0.05, 0.1) is 0 Å². The van der Waals surface area contributed by atoms with Gasteiger partial charge in [0.25, 0.3) is 0 Å². The first-order valence-electron chi connectivity index (χ1n) is 7.67. The quantitative estimate of drug-likeness (QED) is 0.875. The fourth-order valence-corrected chi connectivity index (χ4v) is 3.00. The van der Waals surface area contributed by atoms with Crippen LogP contribution in [0.3, 0.4) is 0 Å². The maximum atomic E-state index is 3.41. The molecule has 0 bridgehead atoms. The number of aryl methyl sites for hydroxylation is 2. The molecule has 0 saturated carbocycles. The minimum atomic E-state index is 0.683. The van der Waals surface area contributed by atoms with E-state index in [1.54, 1.807) is 5.56 Å². The highest BCUT2D eigenvalue weighted by Crippen LogP contribution is 2.25. The molecule has 1 aromatic rings. The summed E-state index contributed by atoms with van der Waals surface area (Å²) in [6.07, 6.45) is 2.61. The lowest BCUT2D eigenvalue weighted by Crippen LogP contribution is -2.43. The number of hydrogen-bond acceptors (Lipinski definition) is 2. The van der Waals surface area contributed by atoms with Gasteiger partial charge in [-0.3, -0.25) is 0 Å². The van der Waals surface area contributed by atoms with Gasteiger partial charge in [0.2, 0.25) is 0 Å². The third kappa shape index (κ3) is 4.32. The van der Waals surface area contributed by atoms with Crippen LogP contribution in [0.25, 0.3) is 0 Å². The van der Waals surface area contributed by atoms with Gasteiger partial charge in [-0.15, -0.1) is 0 Å². The number of benzene rings is 1. The summed E-state index contributed by atoms with van der Waals surface area (Å²) in [6.45, 7) is 12.8. The molecule has 2 heteroatoms. The van der Waals surface area contributed by atoms with Crippen LogP contribution in [-0.2, 0) is 0 Å². The highest BCUT2D eigenvalue weighted by Gasteiger charge is 2.12. The molecule has 0 radical (unpaired) electrons. The average Bonchev–Trinajstić information content (AvgIpc) is 2.42. The van der Waals surface area contributed by atoms with Crippen LogP contribution in [0, 0.1) is 13.8 Å². The maximum Gasteiger partial charge on any atom is 0.0107 e. The second-order valence-electron chi connectivity index (χ2n) is 5.99. The Morgan fingerprint density at radius 2 is 1.95 bits per heavy atom. The average molecular weight is 260 g/mol. The fourth-order valence-electron chi connectivity index (χ4n) is 3.00. The fraction of sp³-hybridized carbons (Fsp3) is 0.647. The molecule has 0 spiro atoms. The van der Waals surface area contributed by atoms with E-state index in [2.05, 4.69) is 49.2 Å². The SMILES string of the molecule is Cc1ccc(C)c(C(C)CCCN2CCNCC2)c1. The molecule has 0 amide bonds. The Bertz CT molecular complexity index is 394. The number of nitrogens with one attached hydrogen (secondary N) is 1. The second-order valence-corrected chi connectivity index (χ2v) is 5.99. The smallest absolute Gasteiger partial charge is 0.0107 e. The van der Waals surface area contributed by atoms with E-state index in [1.165, 1.54) is 43.6 Å². The standard InChI is InChI=1S/C17H28N2/c1-14-6-7-16(3)17(13-14)15(2)5-4-10-19-11-8-18-9-12-19/h6-7,13,15,18H,4-5,8-12H2,1-3H3. The number of nitrogens with zero attached hydrogens (tertiary/aromatic N) is 1. The van der Waals surface area contributed by atoms with E-state index >= 15 is 0 Å². The van der Waals surface area contributed by atoms with E-state index in [0.717, 1.165) is 13.1 Å². The van der Waals surface area contributed by atoms with E-state index in [9.17, 15) is 0 Å². The minimum Gasteiger partial charge on any atom is -0.314 e. The van der Waals surface area contributed by atoms with Crippen LogP contribution in [0.1, 0.15) is 42.4 Å². The van der Waals surface area contributed by atoms with Gasteiger partial charge in [-0.05, 0) is 50.3 Å². The Labute approximate surface area is 118 Å². The van der Waals surface area contributed by atoms with E-state index in [0.29, 0.717) is 5.92 Å². The van der Waals surface area contributed by atoms with E-state index in [4.69, 9.17) is 0 Å². The summed E-state index contributed by atoms with van der Waals surface area (Å²) in [7, 11) is 0. The third-order valence-corrected chi connectivity index (χ3v) is 4.29. The molecule has 19 heavy (non-hydrogen) atoms. The summed E-state index contributed by atoms with van der Waals surface area (Å²) in [6, 6.07) is 6.84. The third-order valence-electron chi connectivity index (χ3n) is 4.29. The Balaban J connectivity index is 1.80. The first-order valence-corrected chi connectivity index (χ1v) is 7.67. The lowest BCUT2D eigenvalue weighted by atomic mass is 9.91. The van der Waals surface area contributed by atoms with Gasteiger partial charge in [-0.2, -0.15) is 0 Å². The van der Waals surface area contributed by atoms with E-state index in [-0.39, 0.29) is 0 Å². The number of hydrogen-bond donors (Lipinski definition) is 1. The van der Waals surface area contributed by atoms with Gasteiger partial charge in [-0.25, -0.2) is 0 Å². The molecular weight excluding hydrogens is 232 g/mol. The molecule has 0 aliphatic carbocycles. The zero-order valence-electron chi connectivity index (χ0n) is 12.7. The molecule has 1 atom stereocenters. The van der Waals surface area contributed by atoms with Crippen LogP contribution in [0.2, 0.25) is 0 Å². The molecule has 1 fully saturated rings. The second kappa shape index (κ2) is 7.06. The van der Waals surface area contributed by atoms with Crippen molar-refractivity contribution in [3.05, 3.63) is 34.9 Å². The van der Waals surface area contributed by atoms with E-state index in [1.807, 2.05) is 0 Å². The summed E-state index contributed by atoms with van der Waals surface area (Å²) in [5.41, 5.74) is 4.37. The Morgan fingerprint density at radius 1 is 1.21 bits per heavy atom. The normalized spacial score (nSPS) is 18.5. The Kier molecular flexibility index (Phi) is 5.41. The van der Waals surface area contributed by atoms with E-state index < -0.39 is 0 Å². The molecular formula is C17H28N2. The number of piperazine rings is 1. The van der Waals surface area contributed by atoms with Crippen molar-refractivity contribution in [2.24, 2.45) is 0 Å². The topological polar surface area (TPSA) is 15.3 Å². The van der Waals surface area contributed by atoms with Gasteiger partial charge < -0.3 is 10.2 Å². The molecule has 1 aliphatic heterocycles. The molecule has 2 nitrogen and oxygen atoms in total. The van der Waals surface area contributed by atoms with Crippen LogP contribution in [0.15, 0.2) is 18.2 Å². The van der Waals surface area contributed by atoms with Crippen LogP contribution in [0.4, 0.5) is 0 Å². The lowest BCUT2D eigenvalue weighted by molar-refractivity contribution is 0.235. The molecule has 106 valence electrons. The van der Waals surface area contributed by atoms with Crippen molar-refractivity contribution in [2.75, 3.05) is 32.7 Å². The Morgan fingerprint density at radius 3 is 2.68 bits per heavy atom. The van der Waals surface area contributed by atoms with Crippen molar-refractivity contribution in [3.63, 3.8) is 0 Å². The molecule has 2 rings (SSSR count). The summed E-state index contributed by atoms with van der Waals surface area (Å²) in [5, 5.41) is 3.41. The molecule has 1 aliphatic rings. The zero-order chi connectivity index (χ0) is 13.7. The van der Waals surface area contributed by atoms with Gasteiger partial charge in [0.1, 0.15) is 0 Å². The summed E-state index contributed by atoms with van der Waals surface area (Å²) >= 11 is 0. The first-order chi connectivity index (χ1) is 9.16. The molecule has 1 heterocycles. The molecule has 0 aromatic heterocycles. The van der Waals surface area contributed by atoms with Crippen molar-refractivity contribution in [2.45, 2.75) is 39.5 Å². The largest absolute Gasteiger partial charge is 0.314 e. The van der Waals surface area contributed by atoms with Gasteiger partial charge in [-0.1, -0.05) is 30.7 Å². The van der Waals surface area contributed by atoms with Crippen molar-refractivity contribution in [1.82, 2.24) is 10.2 Å². The predicted octanol–water partition coefficient (Wildman–Crippen LogP) is 3.09. The molecule has 1 saturated heterocycles. The first kappa shape index (κ1) is 14.5. The monoisotopic (exact) mass is 260 g/mol. The maximum absolute atomic E-state index is 3.41. The predicted molar refractivity (Wildman–Crippen MR) is 82.9 cm³/mol. The molecule has 1 N–H and O–H groups in total. The van der Waals surface area contributed by atoms with Crippen LogP contribution >= 0.6 is 0 Å². The molecule has 1 unspecified atom stereocenters. The number of rotatable bonds is 5. The van der Waals surface area contributed by atoms with Crippen LogP contribution in [-0.4, -0.2) is 37.6 Å². The van der Waals surface area contributed by atoms with Crippen molar-refractivity contribution in [3.8, 4) is 0 Å². The van der Waals surface area contributed by atoms with Gasteiger partial charge >= 0.3 is 0 Å². The Hall–Kier alpha value is -0.860. The summed E-state index contributed by atoms with van der Waals surface area (Å²) < 4.78 is 0. The van der Waals surface area contributed by atoms with Crippen molar-refractivity contribution in [1.29, 1.82) is 0 Å². The van der Waals surface area contributed by atoms with Gasteiger partial charge in [0.15, 0.2) is 0 Å². The molecule has 1 aromatic carbocycles. The zero-order valence-corrected chi connectivity index (χ0v) is 12.7. The highest BCUT2D eigenvalue weighted by atomic mass is 15.2. The van der Waals surface area contributed by atoms with Crippen molar-refractivity contribution >= 4 is 0 Å². The minimum absolute atomic E-state index is 0.683. The lowest BCUT2D eigenvalue weighted by Gasteiger charge is -2.27. The van der Waals surface area contributed by atoms with Gasteiger partial charge in [0, 0.05) is 26.2 Å².